The van der Waals surface area contributed by atoms with Gasteiger partial charge in [-0.25, -0.2) is 9.48 Å². The molecule has 1 atom stereocenters. The number of carbonyl (C=O) groups excluding carboxylic acids is 1. The zero-order valence-corrected chi connectivity index (χ0v) is 11.6. The largest absolute Gasteiger partial charge is 0.478 e. The average Bonchev–Trinajstić information content (AvgIpc) is 2.88. The number of fused-ring (bicyclic) bond motifs is 1. The Bertz CT molecular complexity index is 665. The number of rotatable bonds is 4. The van der Waals surface area contributed by atoms with Crippen LogP contribution in [0.25, 0.3) is 11.0 Å². The summed E-state index contributed by atoms with van der Waals surface area (Å²) in [6.07, 6.45) is 0. The molecule has 0 saturated carbocycles. The van der Waals surface area contributed by atoms with Crippen molar-refractivity contribution in [1.82, 2.24) is 19.9 Å². The van der Waals surface area contributed by atoms with E-state index in [1.807, 2.05) is 6.92 Å². The molecule has 0 saturated heterocycles. The van der Waals surface area contributed by atoms with Crippen LogP contribution in [0.5, 0.6) is 0 Å². The van der Waals surface area contributed by atoms with E-state index in [0.29, 0.717) is 17.6 Å². The summed E-state index contributed by atoms with van der Waals surface area (Å²) in [5.74, 6) is -1.21. The third-order valence-electron chi connectivity index (χ3n) is 3.30. The van der Waals surface area contributed by atoms with Crippen LogP contribution in [0.1, 0.15) is 30.2 Å². The summed E-state index contributed by atoms with van der Waals surface area (Å²) in [4.78, 5) is 25.0. The second-order valence-electron chi connectivity index (χ2n) is 4.54. The molecule has 106 valence electrons. The average molecular weight is 276 g/mol. The lowest BCUT2D eigenvalue weighted by atomic mass is 10.1. The minimum absolute atomic E-state index is 0.0892. The SMILES string of the molecule is CCN(C)C(=O)C(C)n1nnc2cccc(C(=O)O)c21. The Kier molecular flexibility index (Phi) is 3.69. The molecule has 1 amide bonds. The van der Waals surface area contributed by atoms with Gasteiger partial charge < -0.3 is 10.0 Å². The van der Waals surface area contributed by atoms with E-state index in [1.54, 1.807) is 31.0 Å². The monoisotopic (exact) mass is 276 g/mol. The lowest BCUT2D eigenvalue weighted by molar-refractivity contribution is -0.132. The molecule has 20 heavy (non-hydrogen) atoms. The van der Waals surface area contributed by atoms with Crippen molar-refractivity contribution >= 4 is 22.9 Å². The molecule has 0 fully saturated rings. The number of nitrogens with zero attached hydrogens (tertiary/aromatic N) is 4. The van der Waals surface area contributed by atoms with Crippen molar-refractivity contribution in [3.05, 3.63) is 23.8 Å². The van der Waals surface area contributed by atoms with Crippen LogP contribution in [0.3, 0.4) is 0 Å². The first kappa shape index (κ1) is 14.0. The standard InChI is InChI=1S/C13H16N4O3/c1-4-16(3)12(18)8(2)17-11-9(13(19)20)6-5-7-10(11)14-15-17/h5-8H,4H2,1-3H3,(H,19,20). The normalized spacial score (nSPS) is 12.3. The van der Waals surface area contributed by atoms with E-state index in [1.165, 1.54) is 10.7 Å². The Morgan fingerprint density at radius 2 is 2.15 bits per heavy atom. The lowest BCUT2D eigenvalue weighted by Gasteiger charge is -2.20. The molecule has 0 aliphatic rings. The minimum Gasteiger partial charge on any atom is -0.478 e. The number of likely N-dealkylation sites (N-methyl/N-ethyl adjacent to an activating group) is 1. The van der Waals surface area contributed by atoms with Gasteiger partial charge in [0.05, 0.1) is 5.56 Å². The molecule has 0 aliphatic carbocycles. The van der Waals surface area contributed by atoms with Gasteiger partial charge in [0.2, 0.25) is 5.91 Å². The van der Waals surface area contributed by atoms with Gasteiger partial charge in [0.25, 0.3) is 0 Å². The molecule has 0 radical (unpaired) electrons. The summed E-state index contributed by atoms with van der Waals surface area (Å²) in [5, 5.41) is 17.1. The van der Waals surface area contributed by atoms with Crippen LogP contribution in [0.4, 0.5) is 0 Å². The van der Waals surface area contributed by atoms with Gasteiger partial charge in [-0.1, -0.05) is 11.3 Å². The molecule has 1 unspecified atom stereocenters. The number of carboxylic acids is 1. The fourth-order valence-corrected chi connectivity index (χ4v) is 2.02. The van der Waals surface area contributed by atoms with Gasteiger partial charge in [0.15, 0.2) is 0 Å². The number of aromatic nitrogens is 3. The number of aromatic carboxylic acids is 1. The summed E-state index contributed by atoms with van der Waals surface area (Å²) in [6.45, 7) is 4.12. The highest BCUT2D eigenvalue weighted by atomic mass is 16.4. The Labute approximate surface area is 115 Å². The summed E-state index contributed by atoms with van der Waals surface area (Å²) < 4.78 is 1.37. The van der Waals surface area contributed by atoms with Crippen LogP contribution in [-0.4, -0.2) is 50.5 Å². The second kappa shape index (κ2) is 5.28. The van der Waals surface area contributed by atoms with Crippen molar-refractivity contribution < 1.29 is 14.7 Å². The maximum atomic E-state index is 12.2. The van der Waals surface area contributed by atoms with Crippen molar-refractivity contribution in [2.45, 2.75) is 19.9 Å². The van der Waals surface area contributed by atoms with Gasteiger partial charge in [0, 0.05) is 13.6 Å². The van der Waals surface area contributed by atoms with Crippen LogP contribution >= 0.6 is 0 Å². The Morgan fingerprint density at radius 3 is 2.75 bits per heavy atom. The number of amides is 1. The molecule has 1 heterocycles. The molecule has 2 aromatic rings. The second-order valence-corrected chi connectivity index (χ2v) is 4.54. The summed E-state index contributed by atoms with van der Waals surface area (Å²) in [6, 6.07) is 4.15. The smallest absolute Gasteiger partial charge is 0.337 e. The molecule has 7 heteroatoms. The van der Waals surface area contributed by atoms with Crippen molar-refractivity contribution in [1.29, 1.82) is 0 Å². The van der Waals surface area contributed by atoms with E-state index in [4.69, 9.17) is 0 Å². The molecular formula is C13H16N4O3. The minimum atomic E-state index is -1.07. The number of para-hydroxylation sites is 1. The van der Waals surface area contributed by atoms with E-state index in [0.717, 1.165) is 0 Å². The zero-order chi connectivity index (χ0) is 14.9. The predicted octanol–water partition coefficient (Wildman–Crippen LogP) is 1.17. The predicted molar refractivity (Wildman–Crippen MR) is 72.5 cm³/mol. The van der Waals surface area contributed by atoms with Crippen molar-refractivity contribution in [2.75, 3.05) is 13.6 Å². The van der Waals surface area contributed by atoms with Gasteiger partial charge in [-0.05, 0) is 26.0 Å². The van der Waals surface area contributed by atoms with E-state index >= 15 is 0 Å². The number of benzene rings is 1. The fraction of sp³-hybridized carbons (Fsp3) is 0.385. The van der Waals surface area contributed by atoms with E-state index in [2.05, 4.69) is 10.3 Å². The number of hydrogen-bond acceptors (Lipinski definition) is 4. The summed E-state index contributed by atoms with van der Waals surface area (Å²) in [7, 11) is 1.69. The summed E-state index contributed by atoms with van der Waals surface area (Å²) in [5.41, 5.74) is 0.917. The van der Waals surface area contributed by atoms with Crippen molar-refractivity contribution in [3.8, 4) is 0 Å². The molecule has 1 aromatic carbocycles. The van der Waals surface area contributed by atoms with Crippen molar-refractivity contribution in [2.24, 2.45) is 0 Å². The van der Waals surface area contributed by atoms with Gasteiger partial charge in [0.1, 0.15) is 17.1 Å². The molecule has 1 N–H and O–H groups in total. The van der Waals surface area contributed by atoms with Crippen LogP contribution in [0.2, 0.25) is 0 Å². The first-order valence-corrected chi connectivity index (χ1v) is 6.29. The van der Waals surface area contributed by atoms with Crippen LogP contribution < -0.4 is 0 Å². The zero-order valence-electron chi connectivity index (χ0n) is 11.6. The quantitative estimate of drug-likeness (QED) is 0.905. The van der Waals surface area contributed by atoms with Gasteiger partial charge >= 0.3 is 5.97 Å². The first-order chi connectivity index (χ1) is 9.47. The highest BCUT2D eigenvalue weighted by molar-refractivity contribution is 6.01. The fourth-order valence-electron chi connectivity index (χ4n) is 2.02. The van der Waals surface area contributed by atoms with Crippen LogP contribution in [-0.2, 0) is 4.79 Å². The third kappa shape index (κ3) is 2.22. The Hall–Kier alpha value is -2.44. The molecule has 0 aliphatic heterocycles. The number of hydrogen-bond donors (Lipinski definition) is 1. The molecular weight excluding hydrogens is 260 g/mol. The third-order valence-corrected chi connectivity index (χ3v) is 3.30. The molecule has 0 bridgehead atoms. The highest BCUT2D eigenvalue weighted by Crippen LogP contribution is 2.21. The van der Waals surface area contributed by atoms with Crippen LogP contribution in [0.15, 0.2) is 18.2 Å². The maximum Gasteiger partial charge on any atom is 0.337 e. The Balaban J connectivity index is 2.55. The lowest BCUT2D eigenvalue weighted by Crippen LogP contribution is -2.33. The molecule has 1 aromatic heterocycles. The van der Waals surface area contributed by atoms with E-state index in [-0.39, 0.29) is 11.5 Å². The number of carbonyl (C=O) groups is 2. The van der Waals surface area contributed by atoms with E-state index in [9.17, 15) is 14.7 Å². The highest BCUT2D eigenvalue weighted by Gasteiger charge is 2.24. The van der Waals surface area contributed by atoms with Gasteiger partial charge in [-0.3, -0.25) is 4.79 Å². The Morgan fingerprint density at radius 1 is 1.45 bits per heavy atom. The van der Waals surface area contributed by atoms with Crippen molar-refractivity contribution in [3.63, 3.8) is 0 Å². The summed E-state index contributed by atoms with van der Waals surface area (Å²) >= 11 is 0. The van der Waals surface area contributed by atoms with Gasteiger partial charge in [-0.2, -0.15) is 0 Å². The molecule has 2 rings (SSSR count). The topological polar surface area (TPSA) is 88.3 Å². The maximum absolute atomic E-state index is 12.2. The van der Waals surface area contributed by atoms with Crippen LogP contribution in [0, 0.1) is 0 Å². The number of carboxylic acid groups (broad SMARTS) is 1. The van der Waals surface area contributed by atoms with E-state index < -0.39 is 12.0 Å². The molecule has 0 spiro atoms. The molecule has 7 nitrogen and oxygen atoms in total. The first-order valence-electron chi connectivity index (χ1n) is 6.29. The van der Waals surface area contributed by atoms with Gasteiger partial charge in [-0.15, -0.1) is 5.10 Å².